The van der Waals surface area contributed by atoms with E-state index in [0.29, 0.717) is 19.8 Å². The molecule has 154 valence electrons. The molecule has 0 saturated carbocycles. The molecule has 1 aromatic heterocycles. The number of amides is 2. The van der Waals surface area contributed by atoms with Crippen LogP contribution < -0.4 is 15.4 Å². The number of carbonyl (C=O) groups is 1. The van der Waals surface area contributed by atoms with Gasteiger partial charge in [0, 0.05) is 19.3 Å². The first-order valence-electron chi connectivity index (χ1n) is 10.2. The fourth-order valence-electron chi connectivity index (χ4n) is 4.05. The summed E-state index contributed by atoms with van der Waals surface area (Å²) in [5, 5.41) is 5.89. The smallest absolute Gasteiger partial charge is 0.315 e. The summed E-state index contributed by atoms with van der Waals surface area (Å²) >= 11 is 0. The first kappa shape index (κ1) is 19.4. The van der Waals surface area contributed by atoms with Gasteiger partial charge in [0.25, 0.3) is 0 Å². The number of fused-ring (bicyclic) bond motifs is 1. The second-order valence-electron chi connectivity index (χ2n) is 7.62. The normalized spacial score (nSPS) is 32.0. The maximum atomic E-state index is 12.2. The van der Waals surface area contributed by atoms with Crippen molar-refractivity contribution in [3.63, 3.8) is 0 Å². The van der Waals surface area contributed by atoms with E-state index in [1.54, 1.807) is 6.20 Å². The second-order valence-corrected chi connectivity index (χ2v) is 7.62. The van der Waals surface area contributed by atoms with Crippen LogP contribution in [0.15, 0.2) is 18.3 Å². The molecule has 1 aromatic rings. The summed E-state index contributed by atoms with van der Waals surface area (Å²) in [4.78, 5) is 16.5. The van der Waals surface area contributed by atoms with Crippen molar-refractivity contribution in [3.8, 4) is 5.75 Å². The van der Waals surface area contributed by atoms with Crippen molar-refractivity contribution in [2.45, 2.75) is 63.1 Å². The van der Waals surface area contributed by atoms with Crippen molar-refractivity contribution in [1.29, 1.82) is 0 Å². The van der Waals surface area contributed by atoms with Crippen LogP contribution in [0.1, 0.15) is 31.4 Å². The zero-order valence-electron chi connectivity index (χ0n) is 16.3. The number of aromatic nitrogens is 1. The van der Waals surface area contributed by atoms with Gasteiger partial charge in [0.05, 0.1) is 31.1 Å². The fraction of sp³-hybridized carbons (Fsp3) is 0.700. The Bertz CT molecular complexity index is 667. The Morgan fingerprint density at radius 1 is 1.25 bits per heavy atom. The number of carbonyl (C=O) groups excluding carboxylic acids is 1. The Morgan fingerprint density at radius 2 is 2.14 bits per heavy atom. The first-order chi connectivity index (χ1) is 13.7. The number of hydrogen-bond acceptors (Lipinski definition) is 6. The van der Waals surface area contributed by atoms with E-state index in [1.807, 2.05) is 19.1 Å². The topological polar surface area (TPSA) is 90.9 Å². The predicted molar refractivity (Wildman–Crippen MR) is 101 cm³/mol. The number of hydrogen-bond donors (Lipinski definition) is 2. The maximum Gasteiger partial charge on any atom is 0.315 e. The Morgan fingerprint density at radius 3 is 2.96 bits per heavy atom. The lowest BCUT2D eigenvalue weighted by atomic mass is 10.1. The molecule has 0 spiro atoms. The molecule has 3 aliphatic heterocycles. The molecule has 0 aromatic carbocycles. The predicted octanol–water partition coefficient (Wildman–Crippen LogP) is 1.56. The lowest BCUT2D eigenvalue weighted by Gasteiger charge is -2.23. The molecule has 0 aliphatic carbocycles. The van der Waals surface area contributed by atoms with Gasteiger partial charge in [-0.3, -0.25) is 4.98 Å². The number of ether oxygens (including phenoxy) is 4. The third-order valence-corrected chi connectivity index (χ3v) is 5.59. The molecule has 1 unspecified atom stereocenters. The second kappa shape index (κ2) is 9.07. The molecular formula is C20H29N3O5. The number of urea groups is 1. The molecule has 4 rings (SSSR count). The molecule has 3 aliphatic rings. The number of nitrogens with zero attached hydrogens (tertiary/aromatic N) is 1. The van der Waals surface area contributed by atoms with Crippen LogP contribution in [0.25, 0.3) is 0 Å². The lowest BCUT2D eigenvalue weighted by Crippen LogP contribution is -2.48. The molecule has 5 atom stereocenters. The molecule has 28 heavy (non-hydrogen) atoms. The van der Waals surface area contributed by atoms with Gasteiger partial charge in [-0.25, -0.2) is 4.79 Å². The van der Waals surface area contributed by atoms with E-state index in [1.165, 1.54) is 6.42 Å². The maximum absolute atomic E-state index is 12.2. The monoisotopic (exact) mass is 391 g/mol. The molecule has 4 heterocycles. The van der Waals surface area contributed by atoms with Gasteiger partial charge in [-0.1, -0.05) is 0 Å². The Labute approximate surface area is 165 Å². The quantitative estimate of drug-likeness (QED) is 0.765. The van der Waals surface area contributed by atoms with Crippen molar-refractivity contribution < 1.29 is 23.7 Å². The summed E-state index contributed by atoms with van der Waals surface area (Å²) < 4.78 is 23.5. The Hall–Kier alpha value is -1.90. The molecular weight excluding hydrogens is 362 g/mol. The highest BCUT2D eigenvalue weighted by molar-refractivity contribution is 5.74. The highest BCUT2D eigenvalue weighted by Crippen LogP contribution is 2.30. The SMILES string of the molecule is Cc1ncccc1O[C@H]1CO[C@H]2[C@@H]1OC[C@@H]2NC(=O)NCCC1CCCCO1. The number of aryl methyl sites for hydroxylation is 1. The zero-order valence-corrected chi connectivity index (χ0v) is 16.3. The zero-order chi connectivity index (χ0) is 19.3. The molecule has 2 N–H and O–H groups in total. The summed E-state index contributed by atoms with van der Waals surface area (Å²) in [5.41, 5.74) is 0.833. The van der Waals surface area contributed by atoms with Gasteiger partial charge < -0.3 is 29.6 Å². The van der Waals surface area contributed by atoms with Crippen molar-refractivity contribution in [2.75, 3.05) is 26.4 Å². The fourth-order valence-corrected chi connectivity index (χ4v) is 4.05. The van der Waals surface area contributed by atoms with Crippen molar-refractivity contribution in [1.82, 2.24) is 15.6 Å². The lowest BCUT2D eigenvalue weighted by molar-refractivity contribution is 0.0119. The van der Waals surface area contributed by atoms with Crippen molar-refractivity contribution in [3.05, 3.63) is 24.0 Å². The largest absolute Gasteiger partial charge is 0.483 e. The van der Waals surface area contributed by atoms with E-state index in [9.17, 15) is 4.79 Å². The minimum atomic E-state index is -0.203. The highest BCUT2D eigenvalue weighted by atomic mass is 16.6. The van der Waals surface area contributed by atoms with E-state index >= 15 is 0 Å². The first-order valence-corrected chi connectivity index (χ1v) is 10.2. The summed E-state index contributed by atoms with van der Waals surface area (Å²) in [7, 11) is 0. The summed E-state index contributed by atoms with van der Waals surface area (Å²) in [6.45, 7) is 4.19. The van der Waals surface area contributed by atoms with Crippen LogP contribution in [0.4, 0.5) is 4.79 Å². The van der Waals surface area contributed by atoms with Crippen molar-refractivity contribution >= 4 is 6.03 Å². The van der Waals surface area contributed by atoms with Crippen LogP contribution in [-0.4, -0.2) is 67.8 Å². The van der Waals surface area contributed by atoms with E-state index in [4.69, 9.17) is 18.9 Å². The van der Waals surface area contributed by atoms with E-state index < -0.39 is 0 Å². The average Bonchev–Trinajstić information content (AvgIpc) is 3.28. The van der Waals surface area contributed by atoms with Gasteiger partial charge in [0.1, 0.15) is 18.0 Å². The van der Waals surface area contributed by atoms with E-state index in [0.717, 1.165) is 37.3 Å². The highest BCUT2D eigenvalue weighted by Gasteiger charge is 2.49. The van der Waals surface area contributed by atoms with E-state index in [2.05, 4.69) is 15.6 Å². The Balaban J connectivity index is 1.22. The third kappa shape index (κ3) is 4.56. The molecule has 2 amide bonds. The number of pyridine rings is 1. The average molecular weight is 391 g/mol. The van der Waals surface area contributed by atoms with Crippen LogP contribution in [0.3, 0.4) is 0 Å². The van der Waals surface area contributed by atoms with Crippen LogP contribution in [0, 0.1) is 6.92 Å². The number of nitrogens with one attached hydrogen (secondary N) is 2. The van der Waals surface area contributed by atoms with Gasteiger partial charge in [0.15, 0.2) is 6.10 Å². The van der Waals surface area contributed by atoms with Gasteiger partial charge in [0.2, 0.25) is 0 Å². The molecule has 8 heteroatoms. The van der Waals surface area contributed by atoms with Gasteiger partial charge >= 0.3 is 6.03 Å². The minimum absolute atomic E-state index is 0.181. The van der Waals surface area contributed by atoms with Crippen LogP contribution >= 0.6 is 0 Å². The molecule has 0 bridgehead atoms. The molecule has 3 fully saturated rings. The minimum Gasteiger partial charge on any atom is -0.483 e. The van der Waals surface area contributed by atoms with Crippen LogP contribution in [0.2, 0.25) is 0 Å². The van der Waals surface area contributed by atoms with Crippen molar-refractivity contribution in [2.24, 2.45) is 0 Å². The molecule has 8 nitrogen and oxygen atoms in total. The molecule has 3 saturated heterocycles. The standard InChI is InChI=1S/C20H29N3O5/c1-13-16(6-4-8-21-13)28-17-12-27-18-15(11-26-19(17)18)23-20(24)22-9-7-14-5-2-3-10-25-14/h4,6,8,14-15,17-19H,2-3,5,7,9-12H2,1H3,(H2,22,23,24)/t14?,15-,17-,18+,19+/m0/s1. The van der Waals surface area contributed by atoms with Gasteiger partial charge in [-0.2, -0.15) is 0 Å². The van der Waals surface area contributed by atoms with E-state index in [-0.39, 0.29) is 36.5 Å². The van der Waals surface area contributed by atoms with Gasteiger partial charge in [-0.05, 0) is 44.7 Å². The Kier molecular flexibility index (Phi) is 6.29. The van der Waals surface area contributed by atoms with Crippen LogP contribution in [-0.2, 0) is 14.2 Å². The molecule has 0 radical (unpaired) electrons. The summed E-state index contributed by atoms with van der Waals surface area (Å²) in [5.74, 6) is 0.736. The third-order valence-electron chi connectivity index (χ3n) is 5.59. The van der Waals surface area contributed by atoms with Gasteiger partial charge in [-0.15, -0.1) is 0 Å². The van der Waals surface area contributed by atoms with Crippen LogP contribution in [0.5, 0.6) is 5.75 Å². The number of rotatable bonds is 6. The summed E-state index contributed by atoms with van der Waals surface area (Å²) in [6, 6.07) is 3.36. The summed E-state index contributed by atoms with van der Waals surface area (Å²) in [6.07, 6.45) is 5.67.